The van der Waals surface area contributed by atoms with Crippen LogP contribution in [0, 0.1) is 6.92 Å². The number of hydrogen-bond donors (Lipinski definition) is 3. The first-order valence-electron chi connectivity index (χ1n) is 5.92. The van der Waals surface area contributed by atoms with Crippen LogP contribution in [-0.4, -0.2) is 9.97 Å². The Balaban J connectivity index is 2.09. The van der Waals surface area contributed by atoms with Gasteiger partial charge >= 0.3 is 0 Å². The van der Waals surface area contributed by atoms with E-state index in [1.54, 1.807) is 0 Å². The highest BCUT2D eigenvalue weighted by molar-refractivity contribution is 7.16. The molecular weight excluding hydrogens is 294 g/mol. The largest absolute Gasteiger partial charge is 0.338 e. The maximum absolute atomic E-state index is 6.20. The predicted octanol–water partition coefficient (Wildman–Crippen LogP) is 3.68. The van der Waals surface area contributed by atoms with E-state index < -0.39 is 0 Å². The van der Waals surface area contributed by atoms with Gasteiger partial charge in [-0.05, 0) is 36.1 Å². The smallest absolute Gasteiger partial charge is 0.240 e. The molecule has 0 amide bonds. The van der Waals surface area contributed by atoms with E-state index in [1.165, 1.54) is 11.3 Å². The second-order valence-electron chi connectivity index (χ2n) is 4.29. The minimum Gasteiger partial charge on any atom is -0.338 e. The molecule has 0 spiro atoms. The van der Waals surface area contributed by atoms with Crippen molar-refractivity contribution in [2.75, 3.05) is 10.7 Å². The van der Waals surface area contributed by atoms with E-state index in [-0.39, 0.29) is 0 Å². The van der Waals surface area contributed by atoms with E-state index in [1.807, 2.05) is 36.6 Å². The summed E-state index contributed by atoms with van der Waals surface area (Å²) in [5.41, 5.74) is 4.39. The molecule has 0 aliphatic carbocycles. The van der Waals surface area contributed by atoms with Crippen molar-refractivity contribution in [1.82, 2.24) is 9.97 Å². The molecule has 7 heteroatoms. The number of benzene rings is 1. The van der Waals surface area contributed by atoms with Crippen LogP contribution in [0.3, 0.4) is 0 Å². The molecule has 0 bridgehead atoms. The molecule has 3 aromatic rings. The molecule has 2 aromatic heterocycles. The molecular formula is C13H12ClN5S. The lowest BCUT2D eigenvalue weighted by Crippen LogP contribution is -2.11. The summed E-state index contributed by atoms with van der Waals surface area (Å²) < 4.78 is 0. The molecule has 0 unspecified atom stereocenters. The van der Waals surface area contributed by atoms with E-state index in [2.05, 4.69) is 20.7 Å². The fourth-order valence-electron chi connectivity index (χ4n) is 1.88. The van der Waals surface area contributed by atoms with Crippen molar-refractivity contribution in [3.63, 3.8) is 0 Å². The van der Waals surface area contributed by atoms with Crippen molar-refractivity contribution >= 4 is 50.6 Å². The first-order chi connectivity index (χ1) is 9.67. The average Bonchev–Trinajstić information content (AvgIpc) is 2.91. The topological polar surface area (TPSA) is 75.9 Å². The molecule has 3 rings (SSSR count). The van der Waals surface area contributed by atoms with Crippen LogP contribution in [0.4, 0.5) is 17.5 Å². The third-order valence-electron chi connectivity index (χ3n) is 2.83. The van der Waals surface area contributed by atoms with Crippen molar-refractivity contribution in [2.45, 2.75) is 6.92 Å². The van der Waals surface area contributed by atoms with Gasteiger partial charge in [0.1, 0.15) is 10.6 Å². The van der Waals surface area contributed by atoms with Crippen molar-refractivity contribution < 1.29 is 0 Å². The summed E-state index contributed by atoms with van der Waals surface area (Å²) in [4.78, 5) is 9.50. The van der Waals surface area contributed by atoms with Gasteiger partial charge in [0, 0.05) is 0 Å². The van der Waals surface area contributed by atoms with Crippen molar-refractivity contribution in [1.29, 1.82) is 0 Å². The standard InChI is InChI=1S/C13H12ClN5S/c1-7-2-3-9(14)10(6-7)16-11-8-4-5-20-12(8)18-13(17-11)19-15/h2-6H,15H2,1H3,(H2,16,17,18,19). The predicted molar refractivity (Wildman–Crippen MR) is 84.7 cm³/mol. The Morgan fingerprint density at radius 1 is 1.25 bits per heavy atom. The number of rotatable bonds is 3. The first-order valence-corrected chi connectivity index (χ1v) is 7.18. The van der Waals surface area contributed by atoms with Gasteiger partial charge < -0.3 is 5.32 Å². The number of aryl methyl sites for hydroxylation is 1. The van der Waals surface area contributed by atoms with E-state index in [9.17, 15) is 0 Å². The molecule has 102 valence electrons. The van der Waals surface area contributed by atoms with Gasteiger partial charge in [0.15, 0.2) is 0 Å². The van der Waals surface area contributed by atoms with Crippen molar-refractivity contribution in [2.24, 2.45) is 5.84 Å². The van der Waals surface area contributed by atoms with Gasteiger partial charge in [-0.3, -0.25) is 5.43 Å². The minimum atomic E-state index is 0.367. The van der Waals surface area contributed by atoms with Gasteiger partial charge in [-0.25, -0.2) is 10.8 Å². The van der Waals surface area contributed by atoms with Crippen LogP contribution in [0.15, 0.2) is 29.6 Å². The van der Waals surface area contributed by atoms with Gasteiger partial charge in [-0.2, -0.15) is 4.98 Å². The van der Waals surface area contributed by atoms with Gasteiger partial charge in [0.05, 0.1) is 16.1 Å². The zero-order valence-electron chi connectivity index (χ0n) is 10.6. The van der Waals surface area contributed by atoms with Crippen molar-refractivity contribution in [3.8, 4) is 0 Å². The number of fused-ring (bicyclic) bond motifs is 1. The SMILES string of the molecule is Cc1ccc(Cl)c(Nc2nc(NN)nc3sccc23)c1. The maximum Gasteiger partial charge on any atom is 0.240 e. The van der Waals surface area contributed by atoms with E-state index in [4.69, 9.17) is 17.4 Å². The Bertz CT molecular complexity index is 771. The van der Waals surface area contributed by atoms with Crippen LogP contribution < -0.4 is 16.6 Å². The van der Waals surface area contributed by atoms with E-state index in [0.29, 0.717) is 16.8 Å². The summed E-state index contributed by atoms with van der Waals surface area (Å²) >= 11 is 7.73. The zero-order chi connectivity index (χ0) is 14.1. The van der Waals surface area contributed by atoms with Gasteiger partial charge in [-0.1, -0.05) is 17.7 Å². The Morgan fingerprint density at radius 2 is 2.10 bits per heavy atom. The molecule has 0 radical (unpaired) electrons. The first kappa shape index (κ1) is 13.1. The molecule has 2 heterocycles. The Morgan fingerprint density at radius 3 is 2.90 bits per heavy atom. The number of nitrogens with one attached hydrogen (secondary N) is 2. The van der Waals surface area contributed by atoms with Crippen LogP contribution in [0.25, 0.3) is 10.2 Å². The van der Waals surface area contributed by atoms with Crippen molar-refractivity contribution in [3.05, 3.63) is 40.2 Å². The Labute approximate surface area is 124 Å². The number of hydrogen-bond acceptors (Lipinski definition) is 6. The summed E-state index contributed by atoms with van der Waals surface area (Å²) in [6, 6.07) is 7.75. The second kappa shape index (κ2) is 5.24. The summed E-state index contributed by atoms with van der Waals surface area (Å²) in [7, 11) is 0. The average molecular weight is 306 g/mol. The van der Waals surface area contributed by atoms with Gasteiger partial charge in [0.2, 0.25) is 5.95 Å². The number of nitrogens with zero attached hydrogens (tertiary/aromatic N) is 2. The number of anilines is 3. The van der Waals surface area contributed by atoms with E-state index in [0.717, 1.165) is 21.5 Å². The van der Waals surface area contributed by atoms with Gasteiger partial charge in [0.25, 0.3) is 0 Å². The number of halogens is 1. The summed E-state index contributed by atoms with van der Waals surface area (Å²) in [5, 5.41) is 6.78. The number of nitrogens with two attached hydrogens (primary N) is 1. The van der Waals surface area contributed by atoms with E-state index >= 15 is 0 Å². The lowest BCUT2D eigenvalue weighted by Gasteiger charge is -2.10. The summed E-state index contributed by atoms with van der Waals surface area (Å²) in [6.45, 7) is 2.01. The minimum absolute atomic E-state index is 0.367. The second-order valence-corrected chi connectivity index (χ2v) is 5.59. The van der Waals surface area contributed by atoms with Crippen LogP contribution in [0.5, 0.6) is 0 Å². The number of hydrazine groups is 1. The monoisotopic (exact) mass is 305 g/mol. The van der Waals surface area contributed by atoms with Crippen LogP contribution in [0.2, 0.25) is 5.02 Å². The molecule has 1 aromatic carbocycles. The lowest BCUT2D eigenvalue weighted by molar-refractivity contribution is 1.16. The Kier molecular flexibility index (Phi) is 3.43. The fraction of sp³-hybridized carbons (Fsp3) is 0.0769. The Hall–Kier alpha value is -1.89. The highest BCUT2D eigenvalue weighted by Crippen LogP contribution is 2.31. The highest BCUT2D eigenvalue weighted by atomic mass is 35.5. The number of nitrogen functional groups attached to an aromatic ring is 1. The molecule has 0 saturated heterocycles. The molecule has 0 atom stereocenters. The highest BCUT2D eigenvalue weighted by Gasteiger charge is 2.10. The lowest BCUT2D eigenvalue weighted by atomic mass is 10.2. The molecule has 0 fully saturated rings. The number of aromatic nitrogens is 2. The molecule has 20 heavy (non-hydrogen) atoms. The molecule has 0 saturated carbocycles. The summed E-state index contributed by atoms with van der Waals surface area (Å²) in [6.07, 6.45) is 0. The summed E-state index contributed by atoms with van der Waals surface area (Å²) in [5.74, 6) is 6.45. The third-order valence-corrected chi connectivity index (χ3v) is 3.97. The molecule has 5 nitrogen and oxygen atoms in total. The fourth-order valence-corrected chi connectivity index (χ4v) is 2.81. The normalized spacial score (nSPS) is 10.8. The van der Waals surface area contributed by atoms with Crippen LogP contribution in [-0.2, 0) is 0 Å². The molecule has 0 aliphatic heterocycles. The van der Waals surface area contributed by atoms with Gasteiger partial charge in [-0.15, -0.1) is 11.3 Å². The molecule has 4 N–H and O–H groups in total. The van der Waals surface area contributed by atoms with Crippen LogP contribution >= 0.6 is 22.9 Å². The zero-order valence-corrected chi connectivity index (χ0v) is 12.2. The third kappa shape index (κ3) is 2.40. The molecule has 0 aliphatic rings. The quantitative estimate of drug-likeness (QED) is 0.508. The maximum atomic E-state index is 6.20. The number of thiophene rings is 1. The van der Waals surface area contributed by atoms with Crippen LogP contribution in [0.1, 0.15) is 5.56 Å².